The first-order chi connectivity index (χ1) is 10.5. The Balaban J connectivity index is 2.12. The van der Waals surface area contributed by atoms with Crippen LogP contribution in [-0.2, 0) is 7.05 Å². The fraction of sp³-hybridized carbons (Fsp3) is 0.0667. The number of imidazole rings is 1. The van der Waals surface area contributed by atoms with Gasteiger partial charge in [-0.25, -0.2) is 9.78 Å². The molecule has 7 nitrogen and oxygen atoms in total. The fourth-order valence-electron chi connectivity index (χ4n) is 2.32. The number of carbonyl (C=O) groups is 1. The van der Waals surface area contributed by atoms with E-state index in [9.17, 15) is 14.9 Å². The van der Waals surface area contributed by atoms with Crippen LogP contribution < -0.4 is 0 Å². The van der Waals surface area contributed by atoms with Gasteiger partial charge in [0, 0.05) is 24.7 Å². The highest BCUT2D eigenvalue weighted by Crippen LogP contribution is 2.26. The number of aromatic nitrogens is 2. The van der Waals surface area contributed by atoms with E-state index in [-0.39, 0.29) is 11.3 Å². The van der Waals surface area contributed by atoms with Crippen LogP contribution in [0.5, 0.6) is 0 Å². The zero-order chi connectivity index (χ0) is 15.9. The number of hydrogen-bond donors (Lipinski definition) is 1. The number of nitro groups is 1. The standard InChI is InChI=1S/C15H11N3O4/c1-17-13-7-6-11(18(21)22)8-12(13)16-14(17)9-2-4-10(5-3-9)15(19)20/h2-8H,1H3,(H,19,20). The molecule has 0 spiro atoms. The summed E-state index contributed by atoms with van der Waals surface area (Å²) in [5, 5.41) is 19.7. The van der Waals surface area contributed by atoms with Crippen LogP contribution in [0.3, 0.4) is 0 Å². The average Bonchev–Trinajstić information content (AvgIpc) is 2.84. The number of benzene rings is 2. The molecular formula is C15H11N3O4. The zero-order valence-electron chi connectivity index (χ0n) is 11.6. The maximum absolute atomic E-state index is 10.9. The Labute approximate surface area is 124 Å². The van der Waals surface area contributed by atoms with E-state index in [1.165, 1.54) is 24.3 Å². The van der Waals surface area contributed by atoms with Crippen molar-refractivity contribution in [3.8, 4) is 11.4 Å². The maximum Gasteiger partial charge on any atom is 0.335 e. The van der Waals surface area contributed by atoms with Crippen molar-refractivity contribution in [2.24, 2.45) is 7.05 Å². The summed E-state index contributed by atoms with van der Waals surface area (Å²) in [6.45, 7) is 0. The minimum absolute atomic E-state index is 0.0154. The third-order valence-electron chi connectivity index (χ3n) is 3.47. The minimum Gasteiger partial charge on any atom is -0.478 e. The van der Waals surface area contributed by atoms with Gasteiger partial charge in [-0.15, -0.1) is 0 Å². The molecule has 22 heavy (non-hydrogen) atoms. The summed E-state index contributed by atoms with van der Waals surface area (Å²) in [5.74, 6) is -0.375. The predicted molar refractivity (Wildman–Crippen MR) is 79.8 cm³/mol. The van der Waals surface area contributed by atoms with E-state index in [4.69, 9.17) is 5.11 Å². The Morgan fingerprint density at radius 1 is 1.23 bits per heavy atom. The van der Waals surface area contributed by atoms with Crippen LogP contribution in [0.1, 0.15) is 10.4 Å². The van der Waals surface area contributed by atoms with Crippen molar-refractivity contribution in [1.82, 2.24) is 9.55 Å². The summed E-state index contributed by atoms with van der Waals surface area (Å²) < 4.78 is 1.81. The number of aryl methyl sites for hydroxylation is 1. The lowest BCUT2D eigenvalue weighted by atomic mass is 10.1. The minimum atomic E-state index is -0.993. The number of nitro benzene ring substituents is 1. The van der Waals surface area contributed by atoms with E-state index in [0.717, 1.165) is 11.1 Å². The molecule has 0 aliphatic rings. The topological polar surface area (TPSA) is 98.3 Å². The first-order valence-electron chi connectivity index (χ1n) is 6.42. The first kappa shape index (κ1) is 13.7. The number of carboxylic acid groups (broad SMARTS) is 1. The van der Waals surface area contributed by atoms with E-state index in [1.807, 2.05) is 11.6 Å². The molecule has 3 aromatic rings. The number of aromatic carboxylic acids is 1. The van der Waals surface area contributed by atoms with Crippen LogP contribution >= 0.6 is 0 Å². The molecule has 3 rings (SSSR count). The summed E-state index contributed by atoms with van der Waals surface area (Å²) in [6, 6.07) is 10.8. The monoisotopic (exact) mass is 297 g/mol. The van der Waals surface area contributed by atoms with Gasteiger partial charge in [0.05, 0.1) is 21.5 Å². The summed E-state index contributed by atoms with van der Waals surface area (Å²) in [4.78, 5) is 25.6. The summed E-state index contributed by atoms with van der Waals surface area (Å²) in [7, 11) is 1.81. The first-order valence-corrected chi connectivity index (χ1v) is 6.42. The SMILES string of the molecule is Cn1c(-c2ccc(C(=O)O)cc2)nc2cc([N+](=O)[O-])ccc21. The van der Waals surface area contributed by atoms with Crippen molar-refractivity contribution in [3.63, 3.8) is 0 Å². The number of rotatable bonds is 3. The van der Waals surface area contributed by atoms with Crippen LogP contribution in [0.2, 0.25) is 0 Å². The predicted octanol–water partition coefficient (Wildman–Crippen LogP) is 2.85. The molecule has 0 fully saturated rings. The van der Waals surface area contributed by atoms with Crippen molar-refractivity contribution in [1.29, 1.82) is 0 Å². The number of hydrogen-bond acceptors (Lipinski definition) is 4. The van der Waals surface area contributed by atoms with Gasteiger partial charge in [0.1, 0.15) is 5.82 Å². The molecule has 0 radical (unpaired) electrons. The Bertz CT molecular complexity index is 897. The Hall–Kier alpha value is -3.22. The molecule has 2 aromatic carbocycles. The van der Waals surface area contributed by atoms with Crippen molar-refractivity contribution < 1.29 is 14.8 Å². The number of carboxylic acids is 1. The van der Waals surface area contributed by atoms with Gasteiger partial charge in [-0.2, -0.15) is 0 Å². The van der Waals surface area contributed by atoms with Crippen molar-refractivity contribution in [2.75, 3.05) is 0 Å². The van der Waals surface area contributed by atoms with Gasteiger partial charge in [0.25, 0.3) is 5.69 Å². The second-order valence-electron chi connectivity index (χ2n) is 4.81. The summed E-state index contributed by atoms with van der Waals surface area (Å²) in [5.41, 5.74) is 2.21. The molecule has 1 heterocycles. The van der Waals surface area contributed by atoms with Crippen molar-refractivity contribution >= 4 is 22.7 Å². The van der Waals surface area contributed by atoms with Gasteiger partial charge in [-0.05, 0) is 18.2 Å². The Morgan fingerprint density at radius 2 is 1.91 bits per heavy atom. The second kappa shape index (κ2) is 4.96. The Kier molecular flexibility index (Phi) is 3.10. The molecule has 1 N–H and O–H groups in total. The van der Waals surface area contributed by atoms with Gasteiger partial charge in [0.2, 0.25) is 0 Å². The normalized spacial score (nSPS) is 10.8. The highest BCUT2D eigenvalue weighted by Gasteiger charge is 2.14. The number of nitrogens with zero attached hydrogens (tertiary/aromatic N) is 3. The Morgan fingerprint density at radius 3 is 2.50 bits per heavy atom. The van der Waals surface area contributed by atoms with Gasteiger partial charge >= 0.3 is 5.97 Å². The van der Waals surface area contributed by atoms with E-state index in [0.29, 0.717) is 11.3 Å². The third-order valence-corrected chi connectivity index (χ3v) is 3.47. The maximum atomic E-state index is 10.9. The molecule has 110 valence electrons. The summed E-state index contributed by atoms with van der Waals surface area (Å²) in [6.07, 6.45) is 0. The molecular weight excluding hydrogens is 286 g/mol. The zero-order valence-corrected chi connectivity index (χ0v) is 11.6. The number of non-ortho nitro benzene ring substituents is 1. The lowest BCUT2D eigenvalue weighted by molar-refractivity contribution is -0.384. The van der Waals surface area contributed by atoms with Crippen molar-refractivity contribution in [2.45, 2.75) is 0 Å². The third kappa shape index (κ3) is 2.18. The van der Waals surface area contributed by atoms with Crippen LogP contribution in [-0.4, -0.2) is 25.6 Å². The van der Waals surface area contributed by atoms with Gasteiger partial charge < -0.3 is 9.67 Å². The molecule has 0 atom stereocenters. The molecule has 0 saturated heterocycles. The average molecular weight is 297 g/mol. The van der Waals surface area contributed by atoms with Gasteiger partial charge in [-0.1, -0.05) is 12.1 Å². The highest BCUT2D eigenvalue weighted by atomic mass is 16.6. The van der Waals surface area contributed by atoms with E-state index >= 15 is 0 Å². The molecule has 0 amide bonds. The molecule has 0 aliphatic carbocycles. The van der Waals surface area contributed by atoms with Gasteiger partial charge in [0.15, 0.2) is 0 Å². The van der Waals surface area contributed by atoms with Crippen molar-refractivity contribution in [3.05, 3.63) is 58.1 Å². The van der Waals surface area contributed by atoms with Crippen LogP contribution in [0.15, 0.2) is 42.5 Å². The van der Waals surface area contributed by atoms with Gasteiger partial charge in [-0.3, -0.25) is 10.1 Å². The molecule has 0 bridgehead atoms. The molecule has 0 unspecified atom stereocenters. The lowest BCUT2D eigenvalue weighted by Crippen LogP contribution is -1.97. The van der Waals surface area contributed by atoms with E-state index < -0.39 is 10.9 Å². The van der Waals surface area contributed by atoms with Crippen LogP contribution in [0, 0.1) is 10.1 Å². The number of fused-ring (bicyclic) bond motifs is 1. The van der Waals surface area contributed by atoms with E-state index in [1.54, 1.807) is 18.2 Å². The largest absolute Gasteiger partial charge is 0.478 e. The molecule has 1 aromatic heterocycles. The highest BCUT2D eigenvalue weighted by molar-refractivity contribution is 5.88. The lowest BCUT2D eigenvalue weighted by Gasteiger charge is -2.03. The fourth-order valence-corrected chi connectivity index (χ4v) is 2.32. The molecule has 7 heteroatoms. The van der Waals surface area contributed by atoms with Crippen LogP contribution in [0.25, 0.3) is 22.4 Å². The molecule has 0 saturated carbocycles. The van der Waals surface area contributed by atoms with Crippen LogP contribution in [0.4, 0.5) is 5.69 Å². The summed E-state index contributed by atoms with van der Waals surface area (Å²) >= 11 is 0. The van der Waals surface area contributed by atoms with E-state index in [2.05, 4.69) is 4.98 Å². The smallest absolute Gasteiger partial charge is 0.335 e. The quantitative estimate of drug-likeness (QED) is 0.592. The molecule has 0 aliphatic heterocycles. The second-order valence-corrected chi connectivity index (χ2v) is 4.81.